The van der Waals surface area contributed by atoms with Crippen molar-refractivity contribution in [2.75, 3.05) is 19.6 Å². The van der Waals surface area contributed by atoms with Gasteiger partial charge in [-0.3, -0.25) is 52.7 Å². The molecule has 0 unspecified atom stereocenters. The van der Waals surface area contributed by atoms with Crippen molar-refractivity contribution < 1.29 is 67.7 Å². The second-order valence-electron chi connectivity index (χ2n) is 22.0. The zero-order valence-electron chi connectivity index (χ0n) is 48.4. The van der Waals surface area contributed by atoms with Crippen LogP contribution in [0.1, 0.15) is 159 Å². The monoisotopic (exact) mass is 1140 g/mol. The molecule has 456 valence electrons. The Balaban J connectivity index is 3.34. The van der Waals surface area contributed by atoms with E-state index in [-0.39, 0.29) is 69.9 Å². The largest absolute Gasteiger partial charge is 0.481 e. The lowest BCUT2D eigenvalue weighted by Crippen LogP contribution is -2.61. The Hall–Kier alpha value is -6.48. The van der Waals surface area contributed by atoms with Crippen LogP contribution in [0.15, 0.2) is 0 Å². The number of nitrogens with one attached hydrogen (secondary N) is 8. The lowest BCUT2D eigenvalue weighted by Gasteiger charge is -2.31. The molecule has 10 amide bonds. The Morgan fingerprint density at radius 3 is 1.52 bits per heavy atom. The summed E-state index contributed by atoms with van der Waals surface area (Å²) in [6.07, 6.45) is 1.88. The number of amides is 10. The first kappa shape index (κ1) is 71.5. The molecule has 1 saturated heterocycles. The maximum atomic E-state index is 14.4. The first-order chi connectivity index (χ1) is 37.5. The molecular formula is C53H95N13O14. The minimum absolute atomic E-state index is 0.0462. The second kappa shape index (κ2) is 36.7. The Kier molecular flexibility index (Phi) is 32.8. The van der Waals surface area contributed by atoms with Crippen molar-refractivity contribution in [3.8, 4) is 0 Å². The molecule has 27 nitrogen and oxygen atoms in total. The van der Waals surface area contributed by atoms with Crippen LogP contribution in [-0.4, -0.2) is 166 Å². The van der Waals surface area contributed by atoms with Gasteiger partial charge in [0.1, 0.15) is 54.4 Å². The predicted octanol–water partition coefficient (Wildman–Crippen LogP) is -1.53. The number of likely N-dealkylation sites (tertiary alicyclic amines) is 1. The third-order valence-corrected chi connectivity index (χ3v) is 13.8. The van der Waals surface area contributed by atoms with Crippen molar-refractivity contribution in [3.05, 3.63) is 0 Å². The number of carbonyl (C=O) groups is 12. The molecule has 1 aliphatic rings. The van der Waals surface area contributed by atoms with Gasteiger partial charge in [0.2, 0.25) is 59.1 Å². The lowest BCUT2D eigenvalue weighted by atomic mass is 9.95. The third kappa shape index (κ3) is 25.8. The summed E-state index contributed by atoms with van der Waals surface area (Å²) >= 11 is 0. The average Bonchev–Trinajstić information content (AvgIpc) is 3.88. The molecule has 80 heavy (non-hydrogen) atoms. The van der Waals surface area contributed by atoms with Gasteiger partial charge in [-0.25, -0.2) is 4.79 Å². The van der Waals surface area contributed by atoms with Crippen molar-refractivity contribution in [3.63, 3.8) is 0 Å². The first-order valence-corrected chi connectivity index (χ1v) is 28.1. The van der Waals surface area contributed by atoms with Crippen molar-refractivity contribution in [1.82, 2.24) is 47.4 Å². The smallest absolute Gasteiger partial charge is 0.326 e. The zero-order chi connectivity index (χ0) is 61.0. The topological polar surface area (TPSA) is 449 Å². The Labute approximate surface area is 470 Å². The number of unbranched alkanes of at least 4 members (excludes halogenated alkanes) is 2. The zero-order valence-corrected chi connectivity index (χ0v) is 48.4. The Morgan fingerprint density at radius 2 is 1.02 bits per heavy atom. The Morgan fingerprint density at radius 1 is 0.537 bits per heavy atom. The van der Waals surface area contributed by atoms with Crippen molar-refractivity contribution >= 4 is 71.0 Å². The van der Waals surface area contributed by atoms with E-state index in [1.54, 1.807) is 34.6 Å². The molecule has 1 aliphatic heterocycles. The van der Waals surface area contributed by atoms with Crippen LogP contribution in [-0.2, 0) is 57.5 Å². The molecule has 0 spiro atoms. The van der Waals surface area contributed by atoms with Gasteiger partial charge in [-0.1, -0.05) is 61.8 Å². The molecule has 0 bridgehead atoms. The van der Waals surface area contributed by atoms with E-state index in [0.29, 0.717) is 45.1 Å². The number of rotatable bonds is 39. The van der Waals surface area contributed by atoms with Gasteiger partial charge in [-0.15, -0.1) is 0 Å². The van der Waals surface area contributed by atoms with Crippen LogP contribution in [0.25, 0.3) is 0 Å². The molecule has 27 heteroatoms. The van der Waals surface area contributed by atoms with Crippen LogP contribution >= 0.6 is 0 Å². The summed E-state index contributed by atoms with van der Waals surface area (Å²) in [5, 5.41) is 40.3. The minimum atomic E-state index is -1.50. The van der Waals surface area contributed by atoms with E-state index in [0.717, 1.165) is 0 Å². The van der Waals surface area contributed by atoms with E-state index in [1.807, 2.05) is 20.8 Å². The summed E-state index contributed by atoms with van der Waals surface area (Å²) in [5.41, 5.74) is 22.5. The summed E-state index contributed by atoms with van der Waals surface area (Å²) in [7, 11) is 0. The lowest BCUT2D eigenvalue weighted by molar-refractivity contribution is -0.143. The van der Waals surface area contributed by atoms with Gasteiger partial charge in [-0.05, 0) is 121 Å². The van der Waals surface area contributed by atoms with E-state index in [4.69, 9.17) is 22.9 Å². The van der Waals surface area contributed by atoms with E-state index >= 15 is 0 Å². The standard InChI is InChI=1S/C53H95N13O14/c1-10-31(8)43(65-45(71)33(56)19-21-40(57)67)51(77)63-38(27-29(4)5)48(74)64-42(30(6)7)50(76)58-32(9)44(70)60-35(16-11-13-23-54)52(78)66-25-15-18-39(66)49(75)59-34(20-22-41(68)69)46(72)62-37(26-28(2)3)47(73)61-36(53(79)80)17-12-14-24-55/h28-39,42-43H,10-27,54-56H2,1-9H3,(H2,57,67)(H,58,76)(H,59,75)(H,60,70)(H,61,73)(H,62,72)(H,63,77)(H,64,74)(H,65,71)(H,68,69)(H,79,80)/t31-,32-,33-,34-,35-,36-,37-,38-,39-,42-,43-/m0/s1. The number of nitrogens with two attached hydrogens (primary N) is 4. The normalized spacial score (nSPS) is 17.0. The molecule has 0 radical (unpaired) electrons. The summed E-state index contributed by atoms with van der Waals surface area (Å²) in [6, 6.07) is -12.4. The molecule has 0 aliphatic carbocycles. The molecule has 0 aromatic heterocycles. The summed E-state index contributed by atoms with van der Waals surface area (Å²) in [4.78, 5) is 161. The first-order valence-electron chi connectivity index (χ1n) is 28.1. The van der Waals surface area contributed by atoms with E-state index in [1.165, 1.54) is 11.8 Å². The number of carboxylic acids is 2. The number of hydrogen-bond donors (Lipinski definition) is 14. The maximum absolute atomic E-state index is 14.4. The highest BCUT2D eigenvalue weighted by molar-refractivity contribution is 5.99. The van der Waals surface area contributed by atoms with Gasteiger partial charge >= 0.3 is 11.9 Å². The number of carboxylic acid groups (broad SMARTS) is 2. The van der Waals surface area contributed by atoms with Gasteiger partial charge < -0.3 is 80.6 Å². The summed E-state index contributed by atoms with van der Waals surface area (Å²) in [5.74, 6) is -11.3. The summed E-state index contributed by atoms with van der Waals surface area (Å²) in [6.45, 7) is 16.1. The van der Waals surface area contributed by atoms with Crippen LogP contribution in [0.3, 0.4) is 0 Å². The van der Waals surface area contributed by atoms with Crippen molar-refractivity contribution in [2.24, 2.45) is 46.6 Å². The fraction of sp³-hybridized carbons (Fsp3) is 0.774. The molecule has 1 heterocycles. The molecule has 18 N–H and O–H groups in total. The average molecular weight is 1140 g/mol. The van der Waals surface area contributed by atoms with E-state index < -0.39 is 156 Å². The van der Waals surface area contributed by atoms with Gasteiger partial charge in [-0.2, -0.15) is 0 Å². The van der Waals surface area contributed by atoms with Gasteiger partial charge in [0.05, 0.1) is 6.04 Å². The molecular weight excluding hydrogens is 1040 g/mol. The molecule has 0 aromatic carbocycles. The van der Waals surface area contributed by atoms with Crippen molar-refractivity contribution in [1.29, 1.82) is 0 Å². The molecule has 0 aromatic rings. The van der Waals surface area contributed by atoms with Gasteiger partial charge in [0.25, 0.3) is 0 Å². The van der Waals surface area contributed by atoms with Crippen molar-refractivity contribution in [2.45, 2.75) is 219 Å². The number of hydrogen-bond acceptors (Lipinski definition) is 15. The molecule has 1 rings (SSSR count). The van der Waals surface area contributed by atoms with Crippen LogP contribution in [0, 0.1) is 23.7 Å². The van der Waals surface area contributed by atoms with Crippen LogP contribution in [0.4, 0.5) is 0 Å². The number of nitrogens with zero attached hydrogens (tertiary/aromatic N) is 1. The SMILES string of the molecule is CC[C@H](C)[C@H](NC(=O)[C@@H](N)CCC(N)=O)C(=O)N[C@@H](CC(C)C)C(=O)N[C@H](C(=O)N[C@@H](C)C(=O)N[C@@H](CCCCN)C(=O)N1CCC[C@H]1C(=O)N[C@@H](CCC(=O)O)C(=O)N[C@@H](CC(C)C)C(=O)N[C@@H](CCCCN)C(=O)O)C(C)C. The maximum Gasteiger partial charge on any atom is 0.326 e. The molecule has 11 atom stereocenters. The highest BCUT2D eigenvalue weighted by Crippen LogP contribution is 2.21. The fourth-order valence-electron chi connectivity index (χ4n) is 8.87. The fourth-order valence-corrected chi connectivity index (χ4v) is 8.87. The van der Waals surface area contributed by atoms with Gasteiger partial charge in [0, 0.05) is 19.4 Å². The third-order valence-electron chi connectivity index (χ3n) is 13.8. The Bertz CT molecular complexity index is 2090. The second-order valence-corrected chi connectivity index (χ2v) is 22.0. The minimum Gasteiger partial charge on any atom is -0.481 e. The van der Waals surface area contributed by atoms with Crippen LogP contribution in [0.2, 0.25) is 0 Å². The van der Waals surface area contributed by atoms with Crippen LogP contribution < -0.4 is 65.5 Å². The summed E-state index contributed by atoms with van der Waals surface area (Å²) < 4.78 is 0. The molecule has 0 saturated carbocycles. The number of aliphatic carboxylic acids is 2. The van der Waals surface area contributed by atoms with Gasteiger partial charge in [0.15, 0.2) is 0 Å². The predicted molar refractivity (Wildman–Crippen MR) is 296 cm³/mol. The number of primary amides is 1. The van der Waals surface area contributed by atoms with E-state index in [2.05, 4.69) is 42.5 Å². The highest BCUT2D eigenvalue weighted by Gasteiger charge is 2.41. The quantitative estimate of drug-likeness (QED) is 0.0311. The van der Waals surface area contributed by atoms with E-state index in [9.17, 15) is 67.7 Å². The van der Waals surface area contributed by atoms with Crippen LogP contribution in [0.5, 0.6) is 0 Å². The highest BCUT2D eigenvalue weighted by atomic mass is 16.4. The number of carbonyl (C=O) groups excluding carboxylic acids is 10. The molecule has 1 fully saturated rings.